The van der Waals surface area contributed by atoms with Gasteiger partial charge >= 0.3 is 0 Å². The molecule has 182 valence electrons. The predicted molar refractivity (Wildman–Crippen MR) is 124 cm³/mol. The second kappa shape index (κ2) is 10.3. The third kappa shape index (κ3) is 5.45. The fourth-order valence-electron chi connectivity index (χ4n) is 3.44. The summed E-state index contributed by atoms with van der Waals surface area (Å²) in [4.78, 5) is 16.0. The van der Waals surface area contributed by atoms with Crippen LogP contribution >= 0.6 is 0 Å². The molecule has 6 rings (SSSR count). The predicted octanol–water partition coefficient (Wildman–Crippen LogP) is 6.84. The summed E-state index contributed by atoms with van der Waals surface area (Å²) in [6, 6.07) is 17.4. The van der Waals surface area contributed by atoms with Crippen LogP contribution in [0.25, 0.3) is 46.4 Å². The number of nitrogens with one attached hydrogen (secondary N) is 2. The number of fused-ring (bicyclic) bond motifs is 8. The van der Waals surface area contributed by atoms with E-state index in [0.29, 0.717) is 0 Å². The summed E-state index contributed by atoms with van der Waals surface area (Å²) in [6.07, 6.45) is 8.05. The number of aromatic amines is 2. The van der Waals surface area contributed by atoms with Gasteiger partial charge in [0.05, 0.1) is 51.9 Å². The Kier molecular flexibility index (Phi) is 7.19. The molecule has 4 aromatic rings. The molecule has 2 N–H and O–H groups in total. The maximum absolute atomic E-state index is 12.0. The molecule has 8 bridgehead atoms. The van der Waals surface area contributed by atoms with Gasteiger partial charge in [-0.1, -0.05) is 0 Å². The molecular weight excluding hydrogens is 519 g/mol. The van der Waals surface area contributed by atoms with Gasteiger partial charge in [-0.15, -0.1) is 6.07 Å². The van der Waals surface area contributed by atoms with Gasteiger partial charge < -0.3 is 9.97 Å². The van der Waals surface area contributed by atoms with E-state index in [2.05, 4.69) is 50.3 Å². The van der Waals surface area contributed by atoms with Crippen molar-refractivity contribution in [2.45, 2.75) is 0 Å². The van der Waals surface area contributed by atoms with Crippen LogP contribution in [0.15, 0.2) is 48.5 Å². The molecule has 10 heteroatoms. The maximum atomic E-state index is 12.0. The number of nitrogens with zero attached hydrogens (tertiary/aromatic N) is 2. The summed E-state index contributed by atoms with van der Waals surface area (Å²) in [7, 11) is 0. The van der Waals surface area contributed by atoms with Crippen LogP contribution in [-0.2, 0) is 17.1 Å². The fraction of sp³-hybridized carbons (Fsp3) is 0. The Balaban J connectivity index is 0.000000216. The molecule has 5 heterocycles. The minimum absolute atomic E-state index is 0. The Morgan fingerprint density at radius 3 is 1.28 bits per heavy atom. The standard InChI is InChI=1S/C20H14N4.C6F5.Fe/c1-2-14-10-16-5-6-18(23-16)12-20-8-7-19(24-20)11-17-4-3-15(22-17)9-13(1)21-14;7-2-1-3(8)5(10)6(11)4(2)9;/h1-12,21-22H;;/q;-1;. The van der Waals surface area contributed by atoms with Crippen LogP contribution in [-0.4, -0.2) is 19.9 Å². The molecule has 0 aliphatic carbocycles. The van der Waals surface area contributed by atoms with Gasteiger partial charge in [-0.05, 0) is 72.8 Å². The smallest absolute Gasteiger partial charge is 0.0893 e. The van der Waals surface area contributed by atoms with Gasteiger partial charge in [0.2, 0.25) is 0 Å². The van der Waals surface area contributed by atoms with Crippen molar-refractivity contribution >= 4 is 46.4 Å². The summed E-state index contributed by atoms with van der Waals surface area (Å²) in [6.45, 7) is 0. The summed E-state index contributed by atoms with van der Waals surface area (Å²) >= 11 is 0. The van der Waals surface area contributed by atoms with Crippen molar-refractivity contribution in [3.63, 3.8) is 0 Å². The monoisotopic (exact) mass is 533 g/mol. The first kappa shape index (κ1) is 25.1. The number of halogens is 5. The molecule has 0 fully saturated rings. The zero-order valence-electron chi connectivity index (χ0n) is 18.1. The van der Waals surface area contributed by atoms with Crippen LogP contribution in [0, 0.1) is 35.2 Å². The van der Waals surface area contributed by atoms with E-state index in [1.165, 1.54) is 0 Å². The summed E-state index contributed by atoms with van der Waals surface area (Å²) in [5, 5.41) is 0. The van der Waals surface area contributed by atoms with Crippen molar-refractivity contribution in [3.05, 3.63) is 106 Å². The second-order valence-electron chi connectivity index (χ2n) is 7.60. The molecule has 2 aliphatic heterocycles. The normalized spacial score (nSPS) is 11.6. The number of hydrogen-bond acceptors (Lipinski definition) is 2. The topological polar surface area (TPSA) is 57.4 Å². The molecule has 0 saturated heterocycles. The zero-order chi connectivity index (χ0) is 24.5. The van der Waals surface area contributed by atoms with Crippen molar-refractivity contribution in [3.8, 4) is 0 Å². The summed E-state index contributed by atoms with van der Waals surface area (Å²) in [5.41, 5.74) is 7.86. The van der Waals surface area contributed by atoms with Gasteiger partial charge in [0.15, 0.2) is 0 Å². The number of H-pyrrole nitrogens is 2. The van der Waals surface area contributed by atoms with Crippen LogP contribution < -0.4 is 0 Å². The van der Waals surface area contributed by atoms with E-state index in [0.717, 1.165) is 50.9 Å². The van der Waals surface area contributed by atoms with E-state index in [1.807, 2.05) is 42.5 Å². The van der Waals surface area contributed by atoms with Crippen molar-refractivity contribution in [1.82, 2.24) is 19.9 Å². The van der Waals surface area contributed by atoms with E-state index in [1.54, 1.807) is 0 Å². The van der Waals surface area contributed by atoms with Gasteiger partial charge in [0, 0.05) is 39.1 Å². The Hall–Kier alpha value is -4.01. The van der Waals surface area contributed by atoms with Crippen LogP contribution in [0.2, 0.25) is 0 Å². The Bertz CT molecular complexity index is 1560. The van der Waals surface area contributed by atoms with Crippen LogP contribution in [0.4, 0.5) is 22.0 Å². The Morgan fingerprint density at radius 1 is 0.500 bits per heavy atom. The van der Waals surface area contributed by atoms with Gasteiger partial charge in [-0.25, -0.2) is 23.1 Å². The van der Waals surface area contributed by atoms with E-state index < -0.39 is 29.1 Å². The van der Waals surface area contributed by atoms with Gasteiger partial charge in [-0.3, -0.25) is 8.78 Å². The second-order valence-corrected chi connectivity index (χ2v) is 7.60. The minimum atomic E-state index is -2.17. The average molecular weight is 533 g/mol. The SMILES string of the molecule is C1=Cc2cc3ccc(cc4ccc(cc5nc(cc1n2)C=C5)[nH]4)[nH]3.Fc1[c-]c(F)c(F)c(F)c1F.[Fe]. The van der Waals surface area contributed by atoms with E-state index in [4.69, 9.17) is 0 Å². The summed E-state index contributed by atoms with van der Waals surface area (Å²) in [5.74, 6) is -10.0. The van der Waals surface area contributed by atoms with Crippen molar-refractivity contribution in [1.29, 1.82) is 0 Å². The van der Waals surface area contributed by atoms with Gasteiger partial charge in [-0.2, -0.15) is 0 Å². The summed E-state index contributed by atoms with van der Waals surface area (Å²) < 4.78 is 59.9. The van der Waals surface area contributed by atoms with E-state index in [9.17, 15) is 22.0 Å². The van der Waals surface area contributed by atoms with Gasteiger partial charge in [0.1, 0.15) is 0 Å². The largest absolute Gasteiger partial charge is 0.355 e. The Labute approximate surface area is 211 Å². The first-order valence-corrected chi connectivity index (χ1v) is 10.3. The number of benzene rings is 1. The number of hydrogen-bond donors (Lipinski definition) is 2. The third-order valence-corrected chi connectivity index (χ3v) is 5.03. The molecule has 36 heavy (non-hydrogen) atoms. The van der Waals surface area contributed by atoms with Crippen LogP contribution in [0.1, 0.15) is 22.8 Å². The Morgan fingerprint density at radius 2 is 0.861 bits per heavy atom. The molecule has 0 atom stereocenters. The average Bonchev–Trinajstić information content (AvgIpc) is 3.63. The van der Waals surface area contributed by atoms with Crippen molar-refractivity contribution in [2.24, 2.45) is 0 Å². The first-order chi connectivity index (χ1) is 16.8. The molecule has 1 aromatic carbocycles. The molecule has 3 aromatic heterocycles. The molecule has 0 radical (unpaired) electrons. The fourth-order valence-corrected chi connectivity index (χ4v) is 3.44. The molecule has 0 amide bonds. The first-order valence-electron chi connectivity index (χ1n) is 10.3. The van der Waals surface area contributed by atoms with E-state index in [-0.39, 0.29) is 17.1 Å². The zero-order valence-corrected chi connectivity index (χ0v) is 19.2. The van der Waals surface area contributed by atoms with Crippen LogP contribution in [0.5, 0.6) is 0 Å². The van der Waals surface area contributed by atoms with Gasteiger partial charge in [0.25, 0.3) is 0 Å². The molecule has 0 saturated carbocycles. The molecular formula is C26H14F5FeN4-. The molecule has 4 nitrogen and oxygen atoms in total. The molecule has 0 unspecified atom stereocenters. The number of rotatable bonds is 0. The number of aromatic nitrogens is 4. The quantitative estimate of drug-likeness (QED) is 0.0739. The van der Waals surface area contributed by atoms with Crippen molar-refractivity contribution in [2.75, 3.05) is 0 Å². The third-order valence-electron chi connectivity index (χ3n) is 5.03. The van der Waals surface area contributed by atoms with E-state index >= 15 is 0 Å². The van der Waals surface area contributed by atoms with Crippen LogP contribution in [0.3, 0.4) is 0 Å². The van der Waals surface area contributed by atoms with Crippen molar-refractivity contribution < 1.29 is 39.0 Å². The molecule has 2 aliphatic rings. The molecule has 0 spiro atoms. The minimum Gasteiger partial charge on any atom is -0.355 e. The maximum Gasteiger partial charge on any atom is 0.0893 e.